The zero-order chi connectivity index (χ0) is 9.30. The lowest BCUT2D eigenvalue weighted by Crippen LogP contribution is -2.57. The number of carbonyl (C=O) groups excluding carboxylic acids is 1. The molecule has 69 valence electrons. The minimum absolute atomic E-state index is 1.28. The van der Waals surface area contributed by atoms with Crippen LogP contribution in [0.2, 0.25) is 0 Å². The molecular formula is C6H9O6. The van der Waals surface area contributed by atoms with Crippen molar-refractivity contribution in [2.75, 3.05) is 0 Å². The number of ether oxygens (including phenoxy) is 1. The molecule has 0 aromatic carbocycles. The minimum atomic E-state index is -1.67. The standard InChI is InChI=1S/C6H9O6/c7-1-2-3(8)4(9)5(10)6(11)12-2/h2-6,8-11H/t2-,3-,4+,5-,6?/m1/s1. The summed E-state index contributed by atoms with van der Waals surface area (Å²) in [6.45, 7) is 0. The Morgan fingerprint density at radius 2 is 1.58 bits per heavy atom. The highest BCUT2D eigenvalue weighted by Crippen LogP contribution is 2.18. The lowest BCUT2D eigenvalue weighted by molar-refractivity contribution is -0.266. The van der Waals surface area contributed by atoms with E-state index in [-0.39, 0.29) is 0 Å². The molecule has 0 aliphatic carbocycles. The number of aliphatic hydroxyl groups excluding tert-OH is 4. The van der Waals surface area contributed by atoms with Crippen LogP contribution in [0, 0.1) is 0 Å². The highest BCUT2D eigenvalue weighted by atomic mass is 16.6. The molecule has 0 amide bonds. The van der Waals surface area contributed by atoms with Gasteiger partial charge in [-0.25, -0.2) is 0 Å². The Kier molecular flexibility index (Phi) is 2.76. The van der Waals surface area contributed by atoms with Crippen molar-refractivity contribution < 1.29 is 30.0 Å². The van der Waals surface area contributed by atoms with E-state index in [0.29, 0.717) is 0 Å². The molecule has 5 atom stereocenters. The summed E-state index contributed by atoms with van der Waals surface area (Å²) in [7, 11) is 0. The molecule has 6 heteroatoms. The average molecular weight is 177 g/mol. The normalized spacial score (nSPS) is 48.8. The summed E-state index contributed by atoms with van der Waals surface area (Å²) in [5, 5.41) is 35.8. The summed E-state index contributed by atoms with van der Waals surface area (Å²) >= 11 is 0. The van der Waals surface area contributed by atoms with Crippen LogP contribution in [0.5, 0.6) is 0 Å². The van der Waals surface area contributed by atoms with Crippen LogP contribution in [0.1, 0.15) is 0 Å². The summed E-state index contributed by atoms with van der Waals surface area (Å²) < 4.78 is 4.40. The van der Waals surface area contributed by atoms with Crippen LogP contribution in [-0.2, 0) is 9.53 Å². The van der Waals surface area contributed by atoms with Crippen molar-refractivity contribution in [2.24, 2.45) is 0 Å². The van der Waals surface area contributed by atoms with Gasteiger partial charge in [0.1, 0.15) is 18.3 Å². The monoisotopic (exact) mass is 177 g/mol. The molecule has 1 radical (unpaired) electrons. The van der Waals surface area contributed by atoms with Gasteiger partial charge in [-0.1, -0.05) is 0 Å². The van der Waals surface area contributed by atoms with Gasteiger partial charge in [-0.15, -0.1) is 0 Å². The van der Waals surface area contributed by atoms with Gasteiger partial charge in [0, 0.05) is 0 Å². The second kappa shape index (κ2) is 3.46. The fourth-order valence-electron chi connectivity index (χ4n) is 0.958. The first kappa shape index (κ1) is 9.56. The zero-order valence-corrected chi connectivity index (χ0v) is 5.99. The maximum absolute atomic E-state index is 10.1. The van der Waals surface area contributed by atoms with E-state index >= 15 is 0 Å². The van der Waals surface area contributed by atoms with Crippen LogP contribution in [0.25, 0.3) is 0 Å². The summed E-state index contributed by atoms with van der Waals surface area (Å²) in [5.74, 6) is 0. The molecule has 0 bridgehead atoms. The van der Waals surface area contributed by atoms with Crippen LogP contribution in [0.4, 0.5) is 0 Å². The van der Waals surface area contributed by atoms with Crippen LogP contribution in [0.15, 0.2) is 0 Å². The van der Waals surface area contributed by atoms with Gasteiger partial charge >= 0.3 is 0 Å². The predicted molar refractivity (Wildman–Crippen MR) is 34.6 cm³/mol. The molecule has 0 saturated carbocycles. The van der Waals surface area contributed by atoms with Crippen LogP contribution >= 0.6 is 0 Å². The predicted octanol–water partition coefficient (Wildman–Crippen LogP) is -3.10. The number of aliphatic hydroxyl groups is 4. The lowest BCUT2D eigenvalue weighted by atomic mass is 10.00. The van der Waals surface area contributed by atoms with E-state index in [2.05, 4.69) is 4.74 Å². The maximum Gasteiger partial charge on any atom is 0.232 e. The van der Waals surface area contributed by atoms with Gasteiger partial charge in [0.2, 0.25) is 6.29 Å². The van der Waals surface area contributed by atoms with Gasteiger partial charge in [0.25, 0.3) is 0 Å². The van der Waals surface area contributed by atoms with Crippen molar-refractivity contribution in [1.82, 2.24) is 0 Å². The van der Waals surface area contributed by atoms with E-state index in [4.69, 9.17) is 20.4 Å². The Balaban J connectivity index is 2.70. The fraction of sp³-hybridized carbons (Fsp3) is 0.833. The summed E-state index contributed by atoms with van der Waals surface area (Å²) in [4.78, 5) is 10.1. The number of hydrogen-bond acceptors (Lipinski definition) is 6. The molecule has 1 saturated heterocycles. The lowest BCUT2D eigenvalue weighted by Gasteiger charge is -2.35. The fourth-order valence-corrected chi connectivity index (χ4v) is 0.958. The Morgan fingerprint density at radius 3 is 2.08 bits per heavy atom. The molecule has 1 aliphatic heterocycles. The Labute approximate surface area is 68.0 Å². The quantitative estimate of drug-likeness (QED) is 0.338. The van der Waals surface area contributed by atoms with Crippen LogP contribution < -0.4 is 0 Å². The van der Waals surface area contributed by atoms with E-state index in [9.17, 15) is 4.79 Å². The van der Waals surface area contributed by atoms with Gasteiger partial charge in [0.05, 0.1) is 0 Å². The van der Waals surface area contributed by atoms with E-state index in [1.165, 1.54) is 6.29 Å². The van der Waals surface area contributed by atoms with Crippen molar-refractivity contribution in [3.05, 3.63) is 0 Å². The number of hydrogen-bond donors (Lipinski definition) is 4. The van der Waals surface area contributed by atoms with Crippen molar-refractivity contribution in [2.45, 2.75) is 30.7 Å². The molecular weight excluding hydrogens is 168 g/mol. The molecule has 0 aromatic heterocycles. The first-order valence-corrected chi connectivity index (χ1v) is 3.33. The first-order chi connectivity index (χ1) is 5.57. The third-order valence-corrected chi connectivity index (χ3v) is 1.70. The van der Waals surface area contributed by atoms with Gasteiger partial charge in [-0.2, -0.15) is 0 Å². The first-order valence-electron chi connectivity index (χ1n) is 3.33. The van der Waals surface area contributed by atoms with E-state index in [1.54, 1.807) is 0 Å². The SMILES string of the molecule is O=[C][C@H]1OC(O)[C@H](O)[C@@H](O)[C@@H]1O. The molecule has 12 heavy (non-hydrogen) atoms. The van der Waals surface area contributed by atoms with Crippen molar-refractivity contribution >= 4 is 6.29 Å². The molecule has 1 rings (SSSR count). The Hall–Kier alpha value is -0.530. The third kappa shape index (κ3) is 1.47. The molecule has 6 nitrogen and oxygen atoms in total. The Bertz CT molecular complexity index is 171. The van der Waals surface area contributed by atoms with Gasteiger partial charge in [-0.3, -0.25) is 4.79 Å². The maximum atomic E-state index is 10.1. The van der Waals surface area contributed by atoms with Gasteiger partial charge in [-0.05, 0) is 0 Å². The Morgan fingerprint density at radius 1 is 1.00 bits per heavy atom. The highest BCUT2D eigenvalue weighted by Gasteiger charge is 2.43. The van der Waals surface area contributed by atoms with Gasteiger partial charge < -0.3 is 25.2 Å². The number of rotatable bonds is 1. The van der Waals surface area contributed by atoms with E-state index in [1.807, 2.05) is 0 Å². The smallest absolute Gasteiger partial charge is 0.232 e. The van der Waals surface area contributed by atoms with E-state index in [0.717, 1.165) is 0 Å². The van der Waals surface area contributed by atoms with E-state index < -0.39 is 30.7 Å². The summed E-state index contributed by atoms with van der Waals surface area (Å²) in [5.41, 5.74) is 0. The molecule has 0 aromatic rings. The topological polar surface area (TPSA) is 107 Å². The summed E-state index contributed by atoms with van der Waals surface area (Å²) in [6.07, 6.45) is -6.57. The molecule has 1 aliphatic rings. The van der Waals surface area contributed by atoms with Crippen molar-refractivity contribution in [3.8, 4) is 0 Å². The summed E-state index contributed by atoms with van der Waals surface area (Å²) in [6, 6.07) is 0. The van der Waals surface area contributed by atoms with Crippen LogP contribution in [0.3, 0.4) is 0 Å². The molecule has 1 fully saturated rings. The molecule has 1 unspecified atom stereocenters. The minimum Gasteiger partial charge on any atom is -0.387 e. The van der Waals surface area contributed by atoms with Crippen LogP contribution in [-0.4, -0.2) is 57.4 Å². The molecule has 4 N–H and O–H groups in total. The zero-order valence-electron chi connectivity index (χ0n) is 5.99. The second-order valence-corrected chi connectivity index (χ2v) is 2.54. The average Bonchev–Trinajstić information content (AvgIpc) is 2.08. The molecule has 0 spiro atoms. The van der Waals surface area contributed by atoms with Crippen molar-refractivity contribution in [3.63, 3.8) is 0 Å². The largest absolute Gasteiger partial charge is 0.387 e. The molecule has 1 heterocycles. The van der Waals surface area contributed by atoms with Gasteiger partial charge in [0.15, 0.2) is 12.4 Å². The highest BCUT2D eigenvalue weighted by molar-refractivity contribution is 5.58. The third-order valence-electron chi connectivity index (χ3n) is 1.70. The van der Waals surface area contributed by atoms with Crippen molar-refractivity contribution in [1.29, 1.82) is 0 Å². The second-order valence-electron chi connectivity index (χ2n) is 2.54.